The number of pyridine rings is 1. The molecule has 0 aliphatic rings. The Bertz CT molecular complexity index is 1730. The molecule has 0 saturated heterocycles. The number of benzene rings is 2. The van der Waals surface area contributed by atoms with E-state index in [0.29, 0.717) is 57.1 Å². The van der Waals surface area contributed by atoms with Gasteiger partial charge in [0.25, 0.3) is 0 Å². The number of fused-ring (bicyclic) bond motifs is 1. The van der Waals surface area contributed by atoms with Gasteiger partial charge in [0.1, 0.15) is 17.9 Å². The number of nitrogens with zero attached hydrogens (tertiary/aromatic N) is 5. The molecule has 0 fully saturated rings. The van der Waals surface area contributed by atoms with Crippen molar-refractivity contribution in [3.05, 3.63) is 72.8 Å². The molecular weight excluding hydrogens is 538 g/mol. The zero-order valence-corrected chi connectivity index (χ0v) is 24.1. The molecule has 0 unspecified atom stereocenters. The average Bonchev–Trinajstić information content (AvgIpc) is 3.41. The molecule has 216 valence electrons. The summed E-state index contributed by atoms with van der Waals surface area (Å²) >= 11 is 0. The molecule has 5 rings (SSSR count). The standard InChI is InChI=1S/C30H31N7O5/c1-30(2,3)25-15-26(37(36-25)19-10-11-27(41-6)31-16-19)35-29(38)34-18-8-7-9-20(12-18)42-28-21-13-23(39-4)24(40-5)14-22(21)32-17-33-28/h7-17H,1-6H3,(H2,34,35,38). The maximum absolute atomic E-state index is 13.1. The summed E-state index contributed by atoms with van der Waals surface area (Å²) in [4.78, 5) is 26.0. The maximum atomic E-state index is 13.1. The van der Waals surface area contributed by atoms with E-state index in [1.165, 1.54) is 6.33 Å². The number of carbonyl (C=O) groups excluding carboxylic acids is 1. The second-order valence-corrected chi connectivity index (χ2v) is 10.2. The van der Waals surface area contributed by atoms with E-state index in [-0.39, 0.29) is 5.41 Å². The molecule has 0 aliphatic heterocycles. The molecule has 0 spiro atoms. The summed E-state index contributed by atoms with van der Waals surface area (Å²) in [7, 11) is 4.67. The molecule has 42 heavy (non-hydrogen) atoms. The number of aromatic nitrogens is 5. The lowest BCUT2D eigenvalue weighted by molar-refractivity contribution is 0.262. The molecule has 12 nitrogen and oxygen atoms in total. The fraction of sp³-hybridized carbons (Fsp3) is 0.233. The fourth-order valence-electron chi connectivity index (χ4n) is 4.12. The molecule has 5 aromatic rings. The highest BCUT2D eigenvalue weighted by Crippen LogP contribution is 2.36. The van der Waals surface area contributed by atoms with Gasteiger partial charge in [-0.25, -0.2) is 24.4 Å². The van der Waals surface area contributed by atoms with E-state index < -0.39 is 6.03 Å². The van der Waals surface area contributed by atoms with Crippen molar-refractivity contribution in [3.63, 3.8) is 0 Å². The van der Waals surface area contributed by atoms with Crippen molar-refractivity contribution in [2.45, 2.75) is 26.2 Å². The Balaban J connectivity index is 1.36. The first-order valence-corrected chi connectivity index (χ1v) is 13.0. The molecule has 2 N–H and O–H groups in total. The van der Waals surface area contributed by atoms with Gasteiger partial charge < -0.3 is 24.3 Å². The lowest BCUT2D eigenvalue weighted by Crippen LogP contribution is -2.21. The third-order valence-electron chi connectivity index (χ3n) is 6.30. The molecular formula is C30H31N7O5. The van der Waals surface area contributed by atoms with Gasteiger partial charge >= 0.3 is 6.03 Å². The van der Waals surface area contributed by atoms with E-state index in [4.69, 9.17) is 24.0 Å². The normalized spacial score (nSPS) is 11.2. The largest absolute Gasteiger partial charge is 0.493 e. The number of nitrogens with one attached hydrogen (secondary N) is 2. The SMILES string of the molecule is COc1ccc(-n2nc(C(C)(C)C)cc2NC(=O)Nc2cccc(Oc3ncnc4cc(OC)c(OC)cc34)c2)cn1. The summed E-state index contributed by atoms with van der Waals surface area (Å²) < 4.78 is 23.7. The molecule has 0 aliphatic carbocycles. The van der Waals surface area contributed by atoms with Gasteiger partial charge in [-0.2, -0.15) is 5.10 Å². The van der Waals surface area contributed by atoms with Crippen LogP contribution in [-0.4, -0.2) is 52.1 Å². The number of rotatable bonds is 8. The van der Waals surface area contributed by atoms with E-state index in [2.05, 4.69) is 46.4 Å². The topological polar surface area (TPSA) is 135 Å². The van der Waals surface area contributed by atoms with Crippen LogP contribution >= 0.6 is 0 Å². The van der Waals surface area contributed by atoms with Crippen LogP contribution in [0.3, 0.4) is 0 Å². The first-order valence-electron chi connectivity index (χ1n) is 13.0. The molecule has 2 aromatic carbocycles. The summed E-state index contributed by atoms with van der Waals surface area (Å²) in [5, 5.41) is 11.1. The minimum Gasteiger partial charge on any atom is -0.493 e. The summed E-state index contributed by atoms with van der Waals surface area (Å²) in [5.41, 5.74) is 2.36. The van der Waals surface area contributed by atoms with Crippen molar-refractivity contribution in [3.8, 4) is 34.7 Å². The zero-order chi connectivity index (χ0) is 29.9. The number of methoxy groups -OCH3 is 3. The molecule has 3 heterocycles. The van der Waals surface area contributed by atoms with Crippen LogP contribution in [0.25, 0.3) is 16.6 Å². The summed E-state index contributed by atoms with van der Waals surface area (Å²) in [5.74, 6) is 2.82. The highest BCUT2D eigenvalue weighted by atomic mass is 16.5. The van der Waals surface area contributed by atoms with Crippen LogP contribution in [0.5, 0.6) is 29.0 Å². The quantitative estimate of drug-likeness (QED) is 0.232. The van der Waals surface area contributed by atoms with Crippen LogP contribution in [0.2, 0.25) is 0 Å². The summed E-state index contributed by atoms with van der Waals surface area (Å²) in [6.07, 6.45) is 3.04. The van der Waals surface area contributed by atoms with Crippen LogP contribution in [0.15, 0.2) is 67.1 Å². The van der Waals surface area contributed by atoms with Crippen molar-refractivity contribution in [1.82, 2.24) is 24.7 Å². The van der Waals surface area contributed by atoms with Crippen molar-refractivity contribution in [2.24, 2.45) is 0 Å². The lowest BCUT2D eigenvalue weighted by Gasteiger charge is -2.14. The van der Waals surface area contributed by atoms with E-state index in [0.717, 1.165) is 5.69 Å². The molecule has 0 saturated carbocycles. The summed E-state index contributed by atoms with van der Waals surface area (Å²) in [6, 6.07) is 15.4. The van der Waals surface area contributed by atoms with Crippen LogP contribution in [0.4, 0.5) is 16.3 Å². The van der Waals surface area contributed by atoms with Gasteiger partial charge in [-0.15, -0.1) is 0 Å². The molecule has 0 bridgehead atoms. The number of carbonyl (C=O) groups is 1. The third-order valence-corrected chi connectivity index (χ3v) is 6.30. The fourth-order valence-corrected chi connectivity index (χ4v) is 4.12. The molecule has 0 radical (unpaired) electrons. The second-order valence-electron chi connectivity index (χ2n) is 10.2. The Morgan fingerprint density at radius 2 is 1.64 bits per heavy atom. The van der Waals surface area contributed by atoms with E-state index >= 15 is 0 Å². The van der Waals surface area contributed by atoms with Crippen LogP contribution in [0.1, 0.15) is 26.5 Å². The number of anilines is 2. The Morgan fingerprint density at radius 1 is 0.857 bits per heavy atom. The Labute approximate surface area is 242 Å². The van der Waals surface area contributed by atoms with Gasteiger partial charge in [-0.1, -0.05) is 26.8 Å². The van der Waals surface area contributed by atoms with E-state index in [1.54, 1.807) is 74.7 Å². The first kappa shape index (κ1) is 28.1. The van der Waals surface area contributed by atoms with Crippen LogP contribution in [0, 0.1) is 0 Å². The first-order chi connectivity index (χ1) is 20.2. The Morgan fingerprint density at radius 3 is 2.33 bits per heavy atom. The smallest absolute Gasteiger partial charge is 0.324 e. The highest BCUT2D eigenvalue weighted by Gasteiger charge is 2.22. The maximum Gasteiger partial charge on any atom is 0.324 e. The minimum atomic E-state index is -0.459. The molecule has 3 aromatic heterocycles. The predicted octanol–water partition coefficient (Wildman–Crippen LogP) is 5.97. The lowest BCUT2D eigenvalue weighted by atomic mass is 9.92. The van der Waals surface area contributed by atoms with E-state index in [1.807, 2.05) is 12.1 Å². The van der Waals surface area contributed by atoms with Gasteiger partial charge in [0, 0.05) is 35.4 Å². The summed E-state index contributed by atoms with van der Waals surface area (Å²) in [6.45, 7) is 6.15. The average molecular weight is 570 g/mol. The molecule has 0 atom stereocenters. The number of hydrogen-bond donors (Lipinski definition) is 2. The van der Waals surface area contributed by atoms with E-state index in [9.17, 15) is 4.79 Å². The monoisotopic (exact) mass is 569 g/mol. The van der Waals surface area contributed by atoms with Crippen LogP contribution in [-0.2, 0) is 5.41 Å². The molecule has 12 heteroatoms. The van der Waals surface area contributed by atoms with Gasteiger partial charge in [-0.05, 0) is 24.3 Å². The third kappa shape index (κ3) is 6.02. The number of amides is 2. The van der Waals surface area contributed by atoms with Crippen molar-refractivity contribution >= 4 is 28.4 Å². The van der Waals surface area contributed by atoms with Crippen molar-refractivity contribution in [2.75, 3.05) is 32.0 Å². The predicted molar refractivity (Wildman–Crippen MR) is 158 cm³/mol. The minimum absolute atomic E-state index is 0.246. The Hall–Kier alpha value is -5.39. The zero-order valence-electron chi connectivity index (χ0n) is 24.1. The second kappa shape index (κ2) is 11.6. The van der Waals surface area contributed by atoms with Gasteiger partial charge in [0.05, 0.1) is 49.8 Å². The Kier molecular flexibility index (Phi) is 7.78. The van der Waals surface area contributed by atoms with Crippen molar-refractivity contribution < 1.29 is 23.7 Å². The number of ether oxygens (including phenoxy) is 4. The highest BCUT2D eigenvalue weighted by molar-refractivity contribution is 5.99. The number of urea groups is 1. The van der Waals surface area contributed by atoms with Gasteiger partial charge in [-0.3, -0.25) is 5.32 Å². The van der Waals surface area contributed by atoms with Gasteiger partial charge in [0.15, 0.2) is 11.5 Å². The number of hydrogen-bond acceptors (Lipinski definition) is 9. The molecule has 2 amide bonds. The van der Waals surface area contributed by atoms with Crippen molar-refractivity contribution in [1.29, 1.82) is 0 Å². The van der Waals surface area contributed by atoms with Crippen LogP contribution < -0.4 is 29.6 Å². The van der Waals surface area contributed by atoms with Gasteiger partial charge in [0.2, 0.25) is 11.8 Å².